The van der Waals surface area contributed by atoms with Gasteiger partial charge in [0.05, 0.1) is 11.5 Å². The molecule has 2 aromatic heterocycles. The van der Waals surface area contributed by atoms with Crippen LogP contribution in [0.3, 0.4) is 0 Å². The van der Waals surface area contributed by atoms with Crippen molar-refractivity contribution >= 4 is 28.3 Å². The number of nitrogens with zero attached hydrogens (tertiary/aromatic N) is 3. The Morgan fingerprint density at radius 3 is 2.79 bits per heavy atom. The summed E-state index contributed by atoms with van der Waals surface area (Å²) in [5, 5.41) is 4.99. The van der Waals surface area contributed by atoms with Gasteiger partial charge in [0.25, 0.3) is 5.91 Å². The zero-order valence-corrected chi connectivity index (χ0v) is 15.4. The number of amides is 2. The van der Waals surface area contributed by atoms with Gasteiger partial charge in [0.15, 0.2) is 11.7 Å². The van der Waals surface area contributed by atoms with E-state index in [1.165, 1.54) is 29.7 Å². The standard InChI is InChI=1S/C17H17F3N4O3S/c18-17(19,20)10-27-13-4-3-11(8-22-13)15(26)24-6-1-2-12(9-24)14(25)23-16-21-5-7-28-16/h3-5,7-8,12H,1-2,6,9-10H2,(H,21,23,25). The molecule has 0 bridgehead atoms. The summed E-state index contributed by atoms with van der Waals surface area (Å²) in [7, 11) is 0. The highest BCUT2D eigenvalue weighted by molar-refractivity contribution is 7.13. The number of halogens is 3. The molecule has 7 nitrogen and oxygen atoms in total. The topological polar surface area (TPSA) is 84.4 Å². The molecule has 1 saturated heterocycles. The Balaban J connectivity index is 1.58. The van der Waals surface area contributed by atoms with Gasteiger partial charge in [0.2, 0.25) is 11.8 Å². The first-order valence-corrected chi connectivity index (χ1v) is 9.35. The number of rotatable bonds is 5. The lowest BCUT2D eigenvalue weighted by Gasteiger charge is -2.31. The molecule has 1 N–H and O–H groups in total. The molecule has 1 unspecified atom stereocenters. The highest BCUT2D eigenvalue weighted by Gasteiger charge is 2.30. The Morgan fingerprint density at radius 2 is 2.14 bits per heavy atom. The lowest BCUT2D eigenvalue weighted by Crippen LogP contribution is -2.43. The number of carbonyl (C=O) groups excluding carboxylic acids is 2. The van der Waals surface area contributed by atoms with Gasteiger partial charge in [-0.05, 0) is 18.9 Å². The fraction of sp³-hybridized carbons (Fsp3) is 0.412. The summed E-state index contributed by atoms with van der Waals surface area (Å²) in [4.78, 5) is 34.3. The molecule has 3 rings (SSSR count). The molecule has 150 valence electrons. The van der Waals surface area contributed by atoms with Crippen LogP contribution in [0.4, 0.5) is 18.3 Å². The number of anilines is 1. The van der Waals surface area contributed by atoms with E-state index in [9.17, 15) is 22.8 Å². The molecule has 3 heterocycles. The van der Waals surface area contributed by atoms with Gasteiger partial charge in [-0.15, -0.1) is 11.3 Å². The molecule has 1 atom stereocenters. The number of likely N-dealkylation sites (tertiary alicyclic amines) is 1. The average Bonchev–Trinajstić information content (AvgIpc) is 3.19. The van der Waals surface area contributed by atoms with E-state index in [1.54, 1.807) is 16.5 Å². The van der Waals surface area contributed by atoms with Crippen LogP contribution in [0.1, 0.15) is 23.2 Å². The molecule has 2 aromatic rings. The van der Waals surface area contributed by atoms with Crippen LogP contribution in [0.25, 0.3) is 0 Å². The van der Waals surface area contributed by atoms with E-state index in [4.69, 9.17) is 0 Å². The summed E-state index contributed by atoms with van der Waals surface area (Å²) in [5.74, 6) is -1.10. The van der Waals surface area contributed by atoms with E-state index in [-0.39, 0.29) is 35.7 Å². The van der Waals surface area contributed by atoms with Gasteiger partial charge in [-0.3, -0.25) is 9.59 Å². The maximum absolute atomic E-state index is 12.6. The summed E-state index contributed by atoms with van der Waals surface area (Å²) >= 11 is 1.31. The van der Waals surface area contributed by atoms with Crippen molar-refractivity contribution in [3.63, 3.8) is 0 Å². The second-order valence-corrected chi connectivity index (χ2v) is 7.10. The van der Waals surface area contributed by atoms with Crippen LogP contribution >= 0.6 is 11.3 Å². The Labute approximate surface area is 162 Å². The molecular formula is C17H17F3N4O3S. The van der Waals surface area contributed by atoms with E-state index in [0.717, 1.165) is 0 Å². The third kappa shape index (κ3) is 5.41. The van der Waals surface area contributed by atoms with E-state index < -0.39 is 12.8 Å². The smallest absolute Gasteiger partial charge is 0.422 e. The number of ether oxygens (including phenoxy) is 1. The van der Waals surface area contributed by atoms with Gasteiger partial charge in [-0.2, -0.15) is 13.2 Å². The van der Waals surface area contributed by atoms with Crippen LogP contribution in [-0.2, 0) is 4.79 Å². The quantitative estimate of drug-likeness (QED) is 0.813. The Morgan fingerprint density at radius 1 is 1.32 bits per heavy atom. The highest BCUT2D eigenvalue weighted by atomic mass is 32.1. The molecule has 0 aromatic carbocycles. The minimum absolute atomic E-state index is 0.193. The van der Waals surface area contributed by atoms with Crippen molar-refractivity contribution in [3.05, 3.63) is 35.5 Å². The van der Waals surface area contributed by atoms with Gasteiger partial charge >= 0.3 is 6.18 Å². The number of nitrogens with one attached hydrogen (secondary N) is 1. The zero-order valence-electron chi connectivity index (χ0n) is 14.6. The number of pyridine rings is 1. The van der Waals surface area contributed by atoms with Crippen LogP contribution in [0, 0.1) is 5.92 Å². The second kappa shape index (κ2) is 8.55. The Bertz CT molecular complexity index is 812. The van der Waals surface area contributed by atoms with Crippen LogP contribution in [-0.4, -0.2) is 52.6 Å². The van der Waals surface area contributed by atoms with Crippen LogP contribution in [0.15, 0.2) is 29.9 Å². The predicted octanol–water partition coefficient (Wildman–Crippen LogP) is 2.97. The third-order valence-corrected chi connectivity index (χ3v) is 4.80. The molecule has 0 saturated carbocycles. The molecule has 1 aliphatic heterocycles. The summed E-state index contributed by atoms with van der Waals surface area (Å²) in [6.45, 7) is -0.704. The third-order valence-electron chi connectivity index (χ3n) is 4.11. The number of aromatic nitrogens is 2. The fourth-order valence-corrected chi connectivity index (χ4v) is 3.33. The van der Waals surface area contributed by atoms with Gasteiger partial charge < -0.3 is 15.0 Å². The van der Waals surface area contributed by atoms with Crippen LogP contribution in [0.5, 0.6) is 5.88 Å². The first-order chi connectivity index (χ1) is 13.3. The van der Waals surface area contributed by atoms with Gasteiger partial charge in [-0.25, -0.2) is 9.97 Å². The largest absolute Gasteiger partial charge is 0.468 e. The van der Waals surface area contributed by atoms with Crippen molar-refractivity contribution in [1.82, 2.24) is 14.9 Å². The van der Waals surface area contributed by atoms with Crippen molar-refractivity contribution < 1.29 is 27.5 Å². The van der Waals surface area contributed by atoms with Crippen LogP contribution in [0.2, 0.25) is 0 Å². The Kier molecular flexibility index (Phi) is 6.12. The first-order valence-electron chi connectivity index (χ1n) is 8.47. The number of thiazole rings is 1. The number of piperidine rings is 1. The average molecular weight is 414 g/mol. The summed E-state index contributed by atoms with van der Waals surface area (Å²) in [5.41, 5.74) is 0.223. The van der Waals surface area contributed by atoms with Crippen molar-refractivity contribution in [2.75, 3.05) is 25.0 Å². The molecule has 0 radical (unpaired) electrons. The van der Waals surface area contributed by atoms with E-state index >= 15 is 0 Å². The second-order valence-electron chi connectivity index (χ2n) is 6.21. The monoisotopic (exact) mass is 414 g/mol. The van der Waals surface area contributed by atoms with Crippen molar-refractivity contribution in [2.45, 2.75) is 19.0 Å². The van der Waals surface area contributed by atoms with Gasteiger partial charge in [0.1, 0.15) is 0 Å². The molecule has 1 fully saturated rings. The number of hydrogen-bond acceptors (Lipinski definition) is 6. The number of hydrogen-bond donors (Lipinski definition) is 1. The summed E-state index contributed by atoms with van der Waals surface area (Å²) in [6.07, 6.45) is -0.372. The molecule has 2 amide bonds. The van der Waals surface area contributed by atoms with E-state index in [2.05, 4.69) is 20.0 Å². The van der Waals surface area contributed by atoms with Gasteiger partial charge in [-0.1, -0.05) is 0 Å². The highest BCUT2D eigenvalue weighted by Crippen LogP contribution is 2.22. The summed E-state index contributed by atoms with van der Waals surface area (Å²) in [6, 6.07) is 2.58. The molecule has 11 heteroatoms. The molecule has 0 spiro atoms. The first kappa shape index (κ1) is 20.1. The minimum atomic E-state index is -4.46. The molecular weight excluding hydrogens is 397 g/mol. The maximum atomic E-state index is 12.6. The van der Waals surface area contributed by atoms with E-state index in [1.807, 2.05) is 0 Å². The minimum Gasteiger partial charge on any atom is -0.468 e. The van der Waals surface area contributed by atoms with E-state index in [0.29, 0.717) is 24.5 Å². The number of carbonyl (C=O) groups is 2. The molecule has 0 aliphatic carbocycles. The maximum Gasteiger partial charge on any atom is 0.422 e. The fourth-order valence-electron chi connectivity index (χ4n) is 2.80. The normalized spacial score (nSPS) is 17.2. The predicted molar refractivity (Wildman–Crippen MR) is 95.2 cm³/mol. The number of alkyl halides is 3. The lowest BCUT2D eigenvalue weighted by molar-refractivity contribution is -0.154. The lowest BCUT2D eigenvalue weighted by atomic mass is 9.96. The SMILES string of the molecule is O=C(Nc1nccs1)C1CCCN(C(=O)c2ccc(OCC(F)(F)F)nc2)C1. The molecule has 28 heavy (non-hydrogen) atoms. The van der Waals surface area contributed by atoms with Crippen molar-refractivity contribution in [3.8, 4) is 5.88 Å². The van der Waals surface area contributed by atoms with Crippen molar-refractivity contribution in [1.29, 1.82) is 0 Å². The molecule has 1 aliphatic rings. The van der Waals surface area contributed by atoms with Crippen molar-refractivity contribution in [2.24, 2.45) is 5.92 Å². The zero-order chi connectivity index (χ0) is 20.1. The van der Waals surface area contributed by atoms with Gasteiger partial charge in [0, 0.05) is 36.9 Å². The van der Waals surface area contributed by atoms with Crippen LogP contribution < -0.4 is 10.1 Å². The summed E-state index contributed by atoms with van der Waals surface area (Å²) < 4.78 is 41.0. The Hall–Kier alpha value is -2.69.